The van der Waals surface area contributed by atoms with E-state index in [1.165, 1.54) is 23.9 Å². The number of thioether (sulfide) groups is 1. The molecule has 1 aliphatic rings. The van der Waals surface area contributed by atoms with E-state index < -0.39 is 10.9 Å². The molecule has 3 atom stereocenters. The highest BCUT2D eigenvalue weighted by molar-refractivity contribution is 8.16. The Kier molecular flexibility index (Phi) is 4.30. The minimum Gasteiger partial charge on any atom is -0.391 e. The van der Waals surface area contributed by atoms with Crippen molar-refractivity contribution in [3.8, 4) is 0 Å². The maximum absolute atomic E-state index is 12.9. The highest BCUT2D eigenvalue weighted by atomic mass is 32.2. The number of rotatable bonds is 4. The summed E-state index contributed by atoms with van der Waals surface area (Å²) >= 11 is 1.33. The number of halogens is 1. The van der Waals surface area contributed by atoms with Crippen LogP contribution in [-0.4, -0.2) is 26.9 Å². The lowest BCUT2D eigenvalue weighted by Gasteiger charge is -2.23. The average molecular weight is 295 g/mol. The van der Waals surface area contributed by atoms with Crippen molar-refractivity contribution in [2.45, 2.75) is 44.0 Å². The van der Waals surface area contributed by atoms with Gasteiger partial charge in [0.2, 0.25) is 0 Å². The van der Waals surface area contributed by atoms with Gasteiger partial charge in [0.15, 0.2) is 0 Å². The summed E-state index contributed by atoms with van der Waals surface area (Å²) in [4.78, 5) is 15.9. The molecule has 5 heteroatoms. The van der Waals surface area contributed by atoms with Crippen molar-refractivity contribution in [3.05, 3.63) is 35.6 Å². The summed E-state index contributed by atoms with van der Waals surface area (Å²) < 4.78 is 12.0. The molecule has 1 N–H and O–H groups in total. The van der Waals surface area contributed by atoms with Crippen LogP contribution in [0.25, 0.3) is 0 Å². The van der Waals surface area contributed by atoms with Crippen LogP contribution in [0.3, 0.4) is 0 Å². The van der Waals surface area contributed by atoms with Crippen LogP contribution in [0, 0.1) is 5.82 Å². The Balaban J connectivity index is 2.06. The molecule has 20 heavy (non-hydrogen) atoms. The first kappa shape index (κ1) is 15.2. The summed E-state index contributed by atoms with van der Waals surface area (Å²) in [7, 11) is 0. The molecule has 0 aromatic heterocycles. The van der Waals surface area contributed by atoms with Crippen molar-refractivity contribution in [3.63, 3.8) is 0 Å². The van der Waals surface area contributed by atoms with Crippen LogP contribution in [0.2, 0.25) is 0 Å². The zero-order valence-electron chi connectivity index (χ0n) is 11.8. The quantitative estimate of drug-likeness (QED) is 0.928. The molecule has 0 saturated carbocycles. The minimum atomic E-state index is -0.877. The maximum atomic E-state index is 12.9. The van der Waals surface area contributed by atoms with E-state index >= 15 is 0 Å². The van der Waals surface area contributed by atoms with Gasteiger partial charge in [0.05, 0.1) is 11.1 Å². The Labute approximate surface area is 122 Å². The van der Waals surface area contributed by atoms with Gasteiger partial charge in [-0.1, -0.05) is 30.8 Å². The summed E-state index contributed by atoms with van der Waals surface area (Å²) in [5, 5.41) is 10.5. The van der Waals surface area contributed by atoms with Crippen LogP contribution < -0.4 is 0 Å². The Morgan fingerprint density at radius 3 is 2.45 bits per heavy atom. The molecule has 0 radical (unpaired) electrons. The summed E-state index contributed by atoms with van der Waals surface area (Å²) in [6.45, 7) is 5.33. The number of benzene rings is 1. The van der Waals surface area contributed by atoms with Gasteiger partial charge in [-0.05, 0) is 37.5 Å². The number of amides is 1. The van der Waals surface area contributed by atoms with Gasteiger partial charge in [0.1, 0.15) is 10.6 Å². The number of aliphatic hydroxyl groups is 1. The van der Waals surface area contributed by atoms with Gasteiger partial charge in [-0.2, -0.15) is 0 Å². The van der Waals surface area contributed by atoms with E-state index in [0.717, 1.165) is 10.6 Å². The summed E-state index contributed by atoms with van der Waals surface area (Å²) in [6.07, 6.45) is -0.132. The first-order valence-corrected chi connectivity index (χ1v) is 7.39. The van der Waals surface area contributed by atoms with Gasteiger partial charge in [-0.25, -0.2) is 9.38 Å². The van der Waals surface area contributed by atoms with Gasteiger partial charge in [-0.15, -0.1) is 0 Å². The van der Waals surface area contributed by atoms with E-state index in [4.69, 9.17) is 0 Å². The fourth-order valence-corrected chi connectivity index (χ4v) is 3.31. The summed E-state index contributed by atoms with van der Waals surface area (Å²) in [5.74, 6) is -0.393. The molecular formula is C15H18FNO2S. The number of hydrogen-bond donors (Lipinski definition) is 1. The van der Waals surface area contributed by atoms with Crippen molar-refractivity contribution in [1.29, 1.82) is 0 Å². The topological polar surface area (TPSA) is 49.7 Å². The zero-order chi connectivity index (χ0) is 14.9. The molecule has 0 aliphatic carbocycles. The van der Waals surface area contributed by atoms with Gasteiger partial charge < -0.3 is 5.11 Å². The zero-order valence-corrected chi connectivity index (χ0v) is 12.6. The second-order valence-electron chi connectivity index (χ2n) is 5.35. The molecule has 0 fully saturated rings. The van der Waals surface area contributed by atoms with Crippen LogP contribution in [0.1, 0.15) is 38.7 Å². The van der Waals surface area contributed by atoms with Crippen LogP contribution in [0.5, 0.6) is 0 Å². The lowest BCUT2D eigenvalue weighted by Crippen LogP contribution is -2.38. The summed E-state index contributed by atoms with van der Waals surface area (Å²) in [6, 6.07) is 6.35. The van der Waals surface area contributed by atoms with E-state index in [1.807, 2.05) is 6.92 Å². The number of aliphatic hydroxyl groups excluding tert-OH is 1. The largest absolute Gasteiger partial charge is 0.391 e. The van der Waals surface area contributed by atoms with Crippen LogP contribution >= 0.6 is 11.8 Å². The molecule has 0 saturated heterocycles. The first-order chi connectivity index (χ1) is 9.33. The van der Waals surface area contributed by atoms with Gasteiger partial charge in [0, 0.05) is 6.42 Å². The average Bonchev–Trinajstić information content (AvgIpc) is 2.66. The Hall–Kier alpha value is -1.20. The van der Waals surface area contributed by atoms with Crippen molar-refractivity contribution >= 4 is 22.7 Å². The van der Waals surface area contributed by atoms with Crippen molar-refractivity contribution < 1.29 is 14.3 Å². The third-order valence-corrected chi connectivity index (χ3v) is 5.13. The highest BCUT2D eigenvalue weighted by Crippen LogP contribution is 2.39. The molecule has 3 nitrogen and oxygen atoms in total. The lowest BCUT2D eigenvalue weighted by molar-refractivity contribution is -0.121. The maximum Gasteiger partial charge on any atom is 0.265 e. The second kappa shape index (κ2) is 5.66. The van der Waals surface area contributed by atoms with Gasteiger partial charge in [0.25, 0.3) is 5.91 Å². The van der Waals surface area contributed by atoms with E-state index in [1.54, 1.807) is 26.0 Å². The van der Waals surface area contributed by atoms with Crippen molar-refractivity contribution in [1.82, 2.24) is 0 Å². The van der Waals surface area contributed by atoms with E-state index in [9.17, 15) is 14.3 Å². The predicted octanol–water partition coefficient (Wildman–Crippen LogP) is 3.13. The van der Waals surface area contributed by atoms with Crippen molar-refractivity contribution in [2.75, 3.05) is 0 Å². The Morgan fingerprint density at radius 1 is 1.35 bits per heavy atom. The predicted molar refractivity (Wildman–Crippen MR) is 79.6 cm³/mol. The third-order valence-electron chi connectivity index (χ3n) is 3.70. The van der Waals surface area contributed by atoms with Crippen LogP contribution in [-0.2, 0) is 4.79 Å². The molecule has 108 valence electrons. The van der Waals surface area contributed by atoms with Gasteiger partial charge in [-0.3, -0.25) is 4.79 Å². The highest BCUT2D eigenvalue weighted by Gasteiger charge is 2.44. The molecule has 1 aromatic carbocycles. The Bertz CT molecular complexity index is 541. The monoisotopic (exact) mass is 295 g/mol. The molecule has 0 bridgehead atoms. The Morgan fingerprint density at radius 2 is 1.95 bits per heavy atom. The van der Waals surface area contributed by atoms with Gasteiger partial charge >= 0.3 is 0 Å². The fraction of sp³-hybridized carbons (Fsp3) is 0.467. The fourth-order valence-electron chi connectivity index (χ4n) is 2.06. The second-order valence-corrected chi connectivity index (χ2v) is 6.88. The minimum absolute atomic E-state index is 0.144. The SMILES string of the molecule is C[C@H](CC1=NC(=O)[C@](C)([C@@H](C)O)S1)c1ccc(F)cc1. The number of hydrogen-bond acceptors (Lipinski definition) is 3. The normalized spacial score (nSPS) is 25.4. The molecule has 1 amide bonds. The third kappa shape index (κ3) is 2.94. The van der Waals surface area contributed by atoms with Crippen molar-refractivity contribution in [2.24, 2.45) is 4.99 Å². The van der Waals surface area contributed by atoms with E-state index in [0.29, 0.717) is 6.42 Å². The molecule has 0 spiro atoms. The smallest absolute Gasteiger partial charge is 0.265 e. The standard InChI is InChI=1S/C15H18FNO2S/c1-9(11-4-6-12(16)7-5-11)8-13-17-14(19)15(3,20-13)10(2)18/h4-7,9-10,18H,8H2,1-3H3/t9-,10-,15+/m1/s1. The number of aliphatic imine (C=N–C) groups is 1. The summed E-state index contributed by atoms with van der Waals surface area (Å²) in [5.41, 5.74) is 1.01. The van der Waals surface area contributed by atoms with E-state index in [-0.39, 0.29) is 17.6 Å². The lowest BCUT2D eigenvalue weighted by atomic mass is 9.98. The van der Waals surface area contributed by atoms with Crippen LogP contribution in [0.15, 0.2) is 29.3 Å². The van der Waals surface area contributed by atoms with Crippen LogP contribution in [0.4, 0.5) is 4.39 Å². The molecular weight excluding hydrogens is 277 g/mol. The molecule has 1 heterocycles. The molecule has 1 aliphatic heterocycles. The number of carbonyl (C=O) groups excluding carboxylic acids is 1. The number of nitrogens with zero attached hydrogens (tertiary/aromatic N) is 1. The molecule has 1 aromatic rings. The molecule has 0 unspecified atom stereocenters. The molecule has 2 rings (SSSR count). The van der Waals surface area contributed by atoms with E-state index in [2.05, 4.69) is 4.99 Å². The number of carbonyl (C=O) groups is 1. The first-order valence-electron chi connectivity index (χ1n) is 6.57.